The lowest BCUT2D eigenvalue weighted by Gasteiger charge is -2.48. The predicted octanol–water partition coefficient (Wildman–Crippen LogP) is 3.14. The number of hydrogen-bond donors (Lipinski definition) is 0. The summed E-state index contributed by atoms with van der Waals surface area (Å²) in [7, 11) is 2.43. The molecule has 2 saturated carbocycles. The van der Waals surface area contributed by atoms with Crippen LogP contribution in [0.15, 0.2) is 0 Å². The van der Waals surface area contributed by atoms with Crippen molar-refractivity contribution >= 4 is 7.85 Å². The summed E-state index contributed by atoms with van der Waals surface area (Å²) < 4.78 is 0. The summed E-state index contributed by atoms with van der Waals surface area (Å²) in [4.78, 5) is 0. The van der Waals surface area contributed by atoms with E-state index in [1.807, 2.05) is 0 Å². The minimum atomic E-state index is 0.904. The van der Waals surface area contributed by atoms with Crippen molar-refractivity contribution in [1.29, 1.82) is 0 Å². The van der Waals surface area contributed by atoms with Crippen molar-refractivity contribution in [3.8, 4) is 0 Å². The molecular formula is C13H25B. The maximum atomic E-state index is 2.50. The van der Waals surface area contributed by atoms with Crippen LogP contribution < -0.4 is 0 Å². The van der Waals surface area contributed by atoms with E-state index in [1.165, 1.54) is 19.3 Å². The Morgan fingerprint density at radius 1 is 1.07 bits per heavy atom. The van der Waals surface area contributed by atoms with Gasteiger partial charge >= 0.3 is 0 Å². The zero-order valence-electron chi connectivity index (χ0n) is 10.3. The zero-order valence-corrected chi connectivity index (χ0v) is 10.3. The molecule has 0 spiro atoms. The van der Waals surface area contributed by atoms with Crippen LogP contribution in [0.1, 0.15) is 46.5 Å². The molecule has 2 fully saturated rings. The van der Waals surface area contributed by atoms with Crippen molar-refractivity contribution in [1.82, 2.24) is 0 Å². The molecule has 2 rings (SSSR count). The molecule has 0 heterocycles. The van der Waals surface area contributed by atoms with E-state index in [2.05, 4.69) is 28.6 Å². The summed E-state index contributed by atoms with van der Waals surface area (Å²) in [5.41, 5.74) is 0. The van der Waals surface area contributed by atoms with Gasteiger partial charge in [0.1, 0.15) is 7.85 Å². The average Bonchev–Trinajstić information content (AvgIpc) is 1.99. The molecule has 6 unspecified atom stereocenters. The van der Waals surface area contributed by atoms with Crippen LogP contribution in [0, 0.1) is 29.6 Å². The van der Waals surface area contributed by atoms with Gasteiger partial charge in [-0.1, -0.05) is 26.6 Å². The normalized spacial score (nSPS) is 50.1. The second-order valence-electron chi connectivity index (χ2n) is 6.47. The minimum Gasteiger partial charge on any atom is -0.0694 e. The highest BCUT2D eigenvalue weighted by Gasteiger charge is 2.40. The highest BCUT2D eigenvalue weighted by molar-refractivity contribution is 6.11. The van der Waals surface area contributed by atoms with Gasteiger partial charge in [0.15, 0.2) is 0 Å². The topological polar surface area (TPSA) is 0 Å². The zero-order chi connectivity index (χ0) is 10.3. The van der Waals surface area contributed by atoms with E-state index in [0.717, 1.165) is 35.4 Å². The lowest BCUT2D eigenvalue weighted by molar-refractivity contribution is 0.0453. The quantitative estimate of drug-likeness (QED) is 0.560. The third-order valence-electron chi connectivity index (χ3n) is 4.75. The Balaban J connectivity index is 2.10. The molecule has 1 heteroatoms. The fourth-order valence-corrected chi connectivity index (χ4v) is 4.66. The molecule has 6 atom stereocenters. The highest BCUT2D eigenvalue weighted by Crippen LogP contribution is 2.50. The predicted molar refractivity (Wildman–Crippen MR) is 65.2 cm³/mol. The molecule has 0 aromatic rings. The molecule has 0 saturated heterocycles. The molecule has 2 aliphatic carbocycles. The molecule has 80 valence electrons. The van der Waals surface area contributed by atoms with Gasteiger partial charge in [-0.05, 0) is 55.3 Å². The molecule has 0 aromatic carbocycles. The van der Waals surface area contributed by atoms with Gasteiger partial charge in [0, 0.05) is 0 Å². The van der Waals surface area contributed by atoms with Crippen LogP contribution in [0.4, 0.5) is 0 Å². The van der Waals surface area contributed by atoms with Crippen molar-refractivity contribution in [2.75, 3.05) is 0 Å². The minimum absolute atomic E-state index is 0.904. The smallest absolute Gasteiger partial charge is 0.0694 e. The molecule has 14 heavy (non-hydrogen) atoms. The van der Waals surface area contributed by atoms with Crippen LogP contribution in [0.2, 0.25) is 5.82 Å². The molecule has 0 N–H and O–H groups in total. The molecule has 0 amide bonds. The van der Waals surface area contributed by atoms with E-state index in [-0.39, 0.29) is 0 Å². The Labute approximate surface area is 90.3 Å². The highest BCUT2D eigenvalue weighted by atomic mass is 14.4. The Morgan fingerprint density at radius 3 is 2.43 bits per heavy atom. The van der Waals surface area contributed by atoms with Crippen LogP contribution in [-0.2, 0) is 0 Å². The second kappa shape index (κ2) is 3.91. The third kappa shape index (κ3) is 1.88. The van der Waals surface area contributed by atoms with Crippen molar-refractivity contribution in [3.05, 3.63) is 0 Å². The van der Waals surface area contributed by atoms with Crippen molar-refractivity contribution in [2.45, 2.75) is 52.3 Å². The van der Waals surface area contributed by atoms with Crippen molar-refractivity contribution < 1.29 is 0 Å². The van der Waals surface area contributed by atoms with E-state index in [4.69, 9.17) is 0 Å². The number of fused-ring (bicyclic) bond motifs is 2. The molecule has 2 aliphatic rings. The SMILES string of the molecule is BC(C)C1C(C)CC2CC(C)CC1C2. The van der Waals surface area contributed by atoms with E-state index < -0.39 is 0 Å². The monoisotopic (exact) mass is 192 g/mol. The lowest BCUT2D eigenvalue weighted by Crippen LogP contribution is -2.38. The van der Waals surface area contributed by atoms with Crippen LogP contribution >= 0.6 is 0 Å². The van der Waals surface area contributed by atoms with Gasteiger partial charge in [0.05, 0.1) is 0 Å². The first-order valence-electron chi connectivity index (χ1n) is 6.58. The van der Waals surface area contributed by atoms with Gasteiger partial charge in [-0.25, -0.2) is 0 Å². The maximum absolute atomic E-state index is 2.50. The largest absolute Gasteiger partial charge is 0.105 e. The summed E-state index contributed by atoms with van der Waals surface area (Å²) in [6.07, 6.45) is 6.11. The van der Waals surface area contributed by atoms with E-state index in [0.29, 0.717) is 0 Å². The summed E-state index contributed by atoms with van der Waals surface area (Å²) in [6.45, 7) is 7.40. The second-order valence-corrected chi connectivity index (χ2v) is 6.47. The Hall–Kier alpha value is 0.0649. The third-order valence-corrected chi connectivity index (χ3v) is 4.75. The Morgan fingerprint density at radius 2 is 1.79 bits per heavy atom. The fourth-order valence-electron chi connectivity index (χ4n) is 4.66. The molecule has 2 bridgehead atoms. The average molecular weight is 192 g/mol. The molecule has 0 aliphatic heterocycles. The first-order chi connectivity index (χ1) is 6.58. The van der Waals surface area contributed by atoms with Crippen LogP contribution in [0.25, 0.3) is 0 Å². The number of hydrogen-bond acceptors (Lipinski definition) is 0. The summed E-state index contributed by atoms with van der Waals surface area (Å²) >= 11 is 0. The standard InChI is InChI=1S/C13H25B/c1-8-4-11-6-9(2)13(10(3)14)12(5-8)7-11/h8-13H,4-7,14H2,1-3H3. The maximum Gasteiger partial charge on any atom is 0.105 e. The van der Waals surface area contributed by atoms with Gasteiger partial charge in [-0.2, -0.15) is 0 Å². The summed E-state index contributed by atoms with van der Waals surface area (Å²) in [6, 6.07) is 0. The van der Waals surface area contributed by atoms with Crippen LogP contribution in [0.5, 0.6) is 0 Å². The van der Waals surface area contributed by atoms with E-state index in [1.54, 1.807) is 6.42 Å². The Bertz CT molecular complexity index is 195. The van der Waals surface area contributed by atoms with Gasteiger partial charge in [0.2, 0.25) is 0 Å². The Kier molecular flexibility index (Phi) is 2.95. The number of rotatable bonds is 1. The molecule has 0 nitrogen and oxygen atoms in total. The van der Waals surface area contributed by atoms with Gasteiger partial charge < -0.3 is 0 Å². The first kappa shape index (κ1) is 10.6. The van der Waals surface area contributed by atoms with Crippen LogP contribution in [0.3, 0.4) is 0 Å². The van der Waals surface area contributed by atoms with E-state index >= 15 is 0 Å². The molecule has 0 radical (unpaired) electrons. The van der Waals surface area contributed by atoms with Gasteiger partial charge in [-0.3, -0.25) is 0 Å². The van der Waals surface area contributed by atoms with Gasteiger partial charge in [0.25, 0.3) is 0 Å². The van der Waals surface area contributed by atoms with E-state index in [9.17, 15) is 0 Å². The first-order valence-corrected chi connectivity index (χ1v) is 6.58. The van der Waals surface area contributed by atoms with Crippen LogP contribution in [-0.4, -0.2) is 7.85 Å². The summed E-state index contributed by atoms with van der Waals surface area (Å²) in [5.74, 6) is 6.07. The molecule has 0 aromatic heterocycles. The lowest BCUT2D eigenvalue weighted by atomic mass is 9.54. The molecular weight excluding hydrogens is 167 g/mol. The summed E-state index contributed by atoms with van der Waals surface area (Å²) in [5, 5.41) is 0. The van der Waals surface area contributed by atoms with Gasteiger partial charge in [-0.15, -0.1) is 0 Å². The fraction of sp³-hybridized carbons (Fsp3) is 1.00. The van der Waals surface area contributed by atoms with Crippen molar-refractivity contribution in [3.63, 3.8) is 0 Å². The van der Waals surface area contributed by atoms with Crippen molar-refractivity contribution in [2.24, 2.45) is 29.6 Å².